The number of aliphatic hydroxyl groups is 2. The predicted octanol–water partition coefficient (Wildman–Crippen LogP) is -1.93. The number of likely N-dealkylation sites (tertiary alicyclic amines) is 1. The van der Waals surface area contributed by atoms with Crippen LogP contribution in [0.25, 0.3) is 0 Å². The average Bonchev–Trinajstić information content (AvgIpc) is 3.27. The Kier molecular flexibility index (Phi) is 6.82. The fourth-order valence-electron chi connectivity index (χ4n) is 5.98. The minimum absolute atomic E-state index is 0.0627. The Morgan fingerprint density at radius 1 is 1.06 bits per heavy atom. The summed E-state index contributed by atoms with van der Waals surface area (Å²) in [5.41, 5.74) is 0. The zero-order chi connectivity index (χ0) is 24.0. The summed E-state index contributed by atoms with van der Waals surface area (Å²) in [5.74, 6) is -0.423. The smallest absolute Gasteiger partial charge is 0.240 e. The monoisotopic (exact) mass is 480 g/mol. The van der Waals surface area contributed by atoms with Gasteiger partial charge in [0.2, 0.25) is 17.7 Å². The Balaban J connectivity index is 1.40. The molecule has 4 saturated heterocycles. The summed E-state index contributed by atoms with van der Waals surface area (Å²) in [7, 11) is 0. The van der Waals surface area contributed by atoms with Gasteiger partial charge in [-0.15, -0.1) is 0 Å². The first kappa shape index (κ1) is 23.9. The predicted molar refractivity (Wildman–Crippen MR) is 119 cm³/mol. The molecule has 7 atom stereocenters. The highest BCUT2D eigenvalue weighted by molar-refractivity contribution is 5.83. The summed E-state index contributed by atoms with van der Waals surface area (Å²) in [6.07, 6.45) is -0.705. The van der Waals surface area contributed by atoms with Crippen molar-refractivity contribution < 1.29 is 34.1 Å². The van der Waals surface area contributed by atoms with Gasteiger partial charge in [0.05, 0.1) is 31.3 Å². The molecule has 34 heavy (non-hydrogen) atoms. The largest absolute Gasteiger partial charge is 0.388 e. The van der Waals surface area contributed by atoms with Crippen molar-refractivity contribution in [2.24, 2.45) is 0 Å². The molecule has 4 aliphatic heterocycles. The Labute approximate surface area is 199 Å². The number of amides is 3. The average molecular weight is 481 g/mol. The van der Waals surface area contributed by atoms with E-state index in [4.69, 9.17) is 9.47 Å². The fourth-order valence-corrected chi connectivity index (χ4v) is 5.98. The van der Waals surface area contributed by atoms with E-state index in [9.17, 15) is 24.6 Å². The maximum absolute atomic E-state index is 13.6. The number of morpholine rings is 1. The molecule has 0 aromatic carbocycles. The molecule has 1 aliphatic carbocycles. The maximum atomic E-state index is 13.6. The molecule has 5 aliphatic rings. The number of aliphatic hydroxyl groups excluding tert-OH is 2. The van der Waals surface area contributed by atoms with E-state index in [1.807, 2.05) is 4.90 Å². The quantitative estimate of drug-likeness (QED) is 0.395. The van der Waals surface area contributed by atoms with Crippen molar-refractivity contribution in [3.05, 3.63) is 0 Å². The highest BCUT2D eigenvalue weighted by atomic mass is 16.5. The minimum atomic E-state index is -1.22. The van der Waals surface area contributed by atoms with Gasteiger partial charge < -0.3 is 34.8 Å². The second-order valence-electron chi connectivity index (χ2n) is 10.4. The van der Waals surface area contributed by atoms with Crippen LogP contribution in [0.2, 0.25) is 0 Å². The first-order valence-electron chi connectivity index (χ1n) is 12.5. The number of fused-ring (bicyclic) bond motifs is 6. The molecule has 3 amide bonds. The number of carbonyl (C=O) groups is 3. The van der Waals surface area contributed by atoms with Gasteiger partial charge >= 0.3 is 0 Å². The molecule has 0 aromatic heterocycles. The Hall–Kier alpha value is -1.79. The van der Waals surface area contributed by atoms with Gasteiger partial charge in [0.25, 0.3) is 0 Å². The van der Waals surface area contributed by atoms with Crippen molar-refractivity contribution in [2.45, 2.75) is 87.7 Å². The molecule has 0 spiro atoms. The normalized spacial score (nSPS) is 40.3. The molecule has 11 nitrogen and oxygen atoms in total. The summed E-state index contributed by atoms with van der Waals surface area (Å²) in [6, 6.07) is -0.0798. The van der Waals surface area contributed by atoms with Crippen LogP contribution in [0.3, 0.4) is 0 Å². The summed E-state index contributed by atoms with van der Waals surface area (Å²) in [4.78, 5) is 44.4. The van der Waals surface area contributed by atoms with Crippen molar-refractivity contribution >= 4 is 17.7 Å². The van der Waals surface area contributed by atoms with Gasteiger partial charge in [-0.2, -0.15) is 0 Å². The van der Waals surface area contributed by atoms with E-state index >= 15 is 0 Å². The van der Waals surface area contributed by atoms with Crippen LogP contribution in [0.15, 0.2) is 0 Å². The number of hydrogen-bond donors (Lipinski definition) is 3. The third-order valence-corrected chi connectivity index (χ3v) is 8.10. The van der Waals surface area contributed by atoms with Gasteiger partial charge in [-0.3, -0.25) is 19.3 Å². The summed E-state index contributed by atoms with van der Waals surface area (Å²) >= 11 is 0. The van der Waals surface area contributed by atoms with Gasteiger partial charge in [-0.1, -0.05) is 6.42 Å². The van der Waals surface area contributed by atoms with Crippen LogP contribution < -0.4 is 5.32 Å². The van der Waals surface area contributed by atoms with E-state index in [1.165, 1.54) is 11.8 Å². The van der Waals surface area contributed by atoms with Crippen LogP contribution in [0.5, 0.6) is 0 Å². The minimum Gasteiger partial charge on any atom is -0.388 e. The third-order valence-electron chi connectivity index (χ3n) is 8.10. The lowest BCUT2D eigenvalue weighted by molar-refractivity contribution is -0.147. The second-order valence-corrected chi connectivity index (χ2v) is 10.4. The number of rotatable bonds is 1. The number of hydrogen-bond acceptors (Lipinski definition) is 8. The molecule has 1 saturated carbocycles. The number of carbonyl (C=O) groups excluding carboxylic acids is 3. The van der Waals surface area contributed by atoms with E-state index in [0.29, 0.717) is 38.7 Å². The molecule has 5 fully saturated rings. The van der Waals surface area contributed by atoms with Crippen LogP contribution in [-0.4, -0.2) is 131 Å². The van der Waals surface area contributed by atoms with Gasteiger partial charge in [-0.05, 0) is 19.3 Å². The first-order valence-corrected chi connectivity index (χ1v) is 12.5. The molecule has 5 rings (SSSR count). The number of nitrogens with one attached hydrogen (secondary N) is 1. The van der Waals surface area contributed by atoms with Crippen molar-refractivity contribution in [3.8, 4) is 0 Å². The maximum Gasteiger partial charge on any atom is 0.240 e. The van der Waals surface area contributed by atoms with E-state index in [0.717, 1.165) is 19.3 Å². The van der Waals surface area contributed by atoms with Crippen molar-refractivity contribution in [1.82, 2.24) is 20.0 Å². The van der Waals surface area contributed by atoms with Gasteiger partial charge in [0, 0.05) is 51.7 Å². The zero-order valence-electron chi connectivity index (χ0n) is 19.7. The molecule has 190 valence electrons. The van der Waals surface area contributed by atoms with Crippen LogP contribution in [-0.2, 0) is 23.9 Å². The topological polar surface area (TPSA) is 132 Å². The zero-order valence-corrected chi connectivity index (χ0v) is 19.7. The third kappa shape index (κ3) is 4.68. The van der Waals surface area contributed by atoms with E-state index in [-0.39, 0.29) is 55.4 Å². The molecule has 3 N–H and O–H groups in total. The molecule has 0 radical (unpaired) electrons. The molecular weight excluding hydrogens is 444 g/mol. The van der Waals surface area contributed by atoms with E-state index in [1.54, 1.807) is 0 Å². The molecule has 4 heterocycles. The molecular formula is C23H36N4O7. The lowest BCUT2D eigenvalue weighted by Crippen LogP contribution is -2.56. The van der Waals surface area contributed by atoms with Crippen molar-refractivity contribution in [3.63, 3.8) is 0 Å². The lowest BCUT2D eigenvalue weighted by atomic mass is 9.91. The Morgan fingerprint density at radius 2 is 1.82 bits per heavy atom. The molecule has 0 unspecified atom stereocenters. The fraction of sp³-hybridized carbons (Fsp3) is 0.870. The summed E-state index contributed by atoms with van der Waals surface area (Å²) in [6.45, 7) is 3.66. The standard InChI is InChI=1S/C23H36N4O7/c1-13(28)26-11-16-10-25(5-6-33-16)23(32)17-7-14(9-27(17)15-3-2-4-15)24-20(29)8-18-21(30)22(31)19(12-26)34-18/h14-19,21-22,30-31H,2-12H2,1H3,(H,24,29)/t14-,16-,17-,18-,19+,21-,22+/m0/s1. The molecule has 0 aromatic rings. The van der Waals surface area contributed by atoms with Crippen LogP contribution in [0.4, 0.5) is 0 Å². The van der Waals surface area contributed by atoms with Crippen LogP contribution in [0, 0.1) is 0 Å². The second kappa shape index (κ2) is 9.69. The van der Waals surface area contributed by atoms with E-state index in [2.05, 4.69) is 10.2 Å². The lowest BCUT2D eigenvalue weighted by Gasteiger charge is -2.41. The highest BCUT2D eigenvalue weighted by Gasteiger charge is 2.47. The highest BCUT2D eigenvalue weighted by Crippen LogP contribution is 2.33. The van der Waals surface area contributed by atoms with Crippen molar-refractivity contribution in [1.29, 1.82) is 0 Å². The number of nitrogens with zero attached hydrogens (tertiary/aromatic N) is 3. The first-order chi connectivity index (χ1) is 16.3. The van der Waals surface area contributed by atoms with Crippen LogP contribution >= 0.6 is 0 Å². The van der Waals surface area contributed by atoms with Crippen LogP contribution in [0.1, 0.15) is 39.0 Å². The van der Waals surface area contributed by atoms with Gasteiger partial charge in [0.15, 0.2) is 0 Å². The summed E-state index contributed by atoms with van der Waals surface area (Å²) in [5, 5.41) is 24.1. The number of ether oxygens (including phenoxy) is 2. The van der Waals surface area contributed by atoms with Gasteiger partial charge in [0.1, 0.15) is 18.3 Å². The molecule has 11 heteroatoms. The van der Waals surface area contributed by atoms with Gasteiger partial charge in [-0.25, -0.2) is 0 Å². The SMILES string of the molecule is CC(=O)N1C[C@@H]2CN(CCO2)C(=O)[C@@H]2C[C@@H](CN2C2CCC2)NC(=O)C[C@@H]2O[C@H](C1)[C@@H](O)[C@H]2O. The molecule has 6 bridgehead atoms. The Bertz CT molecular complexity index is 808. The van der Waals surface area contributed by atoms with Crippen molar-refractivity contribution in [2.75, 3.05) is 39.3 Å². The summed E-state index contributed by atoms with van der Waals surface area (Å²) < 4.78 is 11.8. The van der Waals surface area contributed by atoms with E-state index < -0.39 is 24.4 Å². The Morgan fingerprint density at radius 3 is 2.53 bits per heavy atom.